The molecule has 1 aliphatic heterocycles. The van der Waals surface area contributed by atoms with Gasteiger partial charge in [0.05, 0.1) is 17.4 Å². The number of benzene rings is 2. The summed E-state index contributed by atoms with van der Waals surface area (Å²) in [4.78, 5) is 25.2. The molecule has 0 aliphatic carbocycles. The van der Waals surface area contributed by atoms with Crippen LogP contribution in [0.15, 0.2) is 42.5 Å². The van der Waals surface area contributed by atoms with E-state index in [0.29, 0.717) is 13.0 Å². The van der Waals surface area contributed by atoms with E-state index in [-0.39, 0.29) is 29.2 Å². The van der Waals surface area contributed by atoms with E-state index in [0.717, 1.165) is 16.4 Å². The first-order chi connectivity index (χ1) is 14.0. The first kappa shape index (κ1) is 21.8. The number of hydrogen-bond acceptors (Lipinski definition) is 5. The lowest BCUT2D eigenvalue weighted by atomic mass is 10.1. The van der Waals surface area contributed by atoms with Crippen molar-refractivity contribution in [2.75, 3.05) is 27.6 Å². The number of alkyl halides is 3. The Hall–Kier alpha value is -2.92. The molecule has 0 saturated carbocycles. The standard InChI is InChI=1S/C19H19F3N4O3S/c20-19(21,22)12-7-13(9-15(8-12)25-6-5-16(27)10-25)24-18(29)26(30)14-3-1-11(2-4-14)17(23)28/h1-4,7-9,16,27,30H,5-6,10H2,(H2,23,28)(H,24,29). The second-order valence-electron chi connectivity index (χ2n) is 6.81. The number of aliphatic hydroxyl groups excluding tert-OH is 1. The van der Waals surface area contributed by atoms with Gasteiger partial charge in [-0.15, -0.1) is 0 Å². The number of hydrogen-bond donors (Lipinski definition) is 4. The number of urea groups is 1. The molecule has 11 heteroatoms. The van der Waals surface area contributed by atoms with Gasteiger partial charge in [0.2, 0.25) is 5.91 Å². The number of carbonyl (C=O) groups is 2. The first-order valence-corrected chi connectivity index (χ1v) is 9.30. The molecule has 1 aliphatic rings. The fourth-order valence-electron chi connectivity index (χ4n) is 3.07. The van der Waals surface area contributed by atoms with E-state index in [4.69, 9.17) is 5.73 Å². The predicted molar refractivity (Wildman–Crippen MR) is 110 cm³/mol. The summed E-state index contributed by atoms with van der Waals surface area (Å²) in [5, 5.41) is 12.1. The maximum atomic E-state index is 13.3. The van der Waals surface area contributed by atoms with Crippen LogP contribution in [-0.2, 0) is 6.18 Å². The zero-order valence-electron chi connectivity index (χ0n) is 15.6. The Bertz CT molecular complexity index is 953. The molecule has 0 aromatic heterocycles. The molecule has 160 valence electrons. The van der Waals surface area contributed by atoms with Crippen molar-refractivity contribution in [2.45, 2.75) is 18.7 Å². The number of halogens is 3. The van der Waals surface area contributed by atoms with Crippen LogP contribution in [0, 0.1) is 0 Å². The summed E-state index contributed by atoms with van der Waals surface area (Å²) in [6.45, 7) is 0.611. The average molecular weight is 440 g/mol. The van der Waals surface area contributed by atoms with E-state index in [1.807, 2.05) is 0 Å². The number of nitrogens with one attached hydrogen (secondary N) is 1. The van der Waals surface area contributed by atoms with Crippen LogP contribution in [0.3, 0.4) is 0 Å². The minimum atomic E-state index is -4.61. The molecule has 3 amide bonds. The number of nitrogens with zero attached hydrogens (tertiary/aromatic N) is 2. The van der Waals surface area contributed by atoms with Crippen molar-refractivity contribution in [1.82, 2.24) is 0 Å². The van der Waals surface area contributed by atoms with Crippen molar-refractivity contribution >= 4 is 41.8 Å². The lowest BCUT2D eigenvalue weighted by Crippen LogP contribution is -2.27. The molecule has 1 heterocycles. The molecule has 0 spiro atoms. The van der Waals surface area contributed by atoms with E-state index < -0.39 is 29.8 Å². The fourth-order valence-corrected chi connectivity index (χ4v) is 3.25. The Morgan fingerprint density at radius 3 is 2.40 bits per heavy atom. The highest BCUT2D eigenvalue weighted by molar-refractivity contribution is 7.82. The highest BCUT2D eigenvalue weighted by atomic mass is 32.1. The number of anilines is 3. The van der Waals surface area contributed by atoms with Crippen molar-refractivity contribution in [3.63, 3.8) is 0 Å². The van der Waals surface area contributed by atoms with Crippen molar-refractivity contribution < 1.29 is 27.9 Å². The third-order valence-electron chi connectivity index (χ3n) is 4.61. The number of β-amino-alcohol motifs (C(OH)–C–C–N with tert-alkyl or cyclic N) is 1. The van der Waals surface area contributed by atoms with Gasteiger partial charge in [-0.05, 0) is 48.9 Å². The zero-order chi connectivity index (χ0) is 22.1. The van der Waals surface area contributed by atoms with E-state index in [9.17, 15) is 27.9 Å². The Balaban J connectivity index is 1.83. The van der Waals surface area contributed by atoms with Gasteiger partial charge in [-0.25, -0.2) is 9.10 Å². The fraction of sp³-hybridized carbons (Fsp3) is 0.263. The van der Waals surface area contributed by atoms with Crippen LogP contribution in [0.4, 0.5) is 35.0 Å². The van der Waals surface area contributed by atoms with Crippen LogP contribution in [0.25, 0.3) is 0 Å². The minimum Gasteiger partial charge on any atom is -0.391 e. The minimum absolute atomic E-state index is 0.0704. The number of rotatable bonds is 4. The van der Waals surface area contributed by atoms with Crippen LogP contribution in [0.2, 0.25) is 0 Å². The number of carbonyl (C=O) groups excluding carboxylic acids is 2. The molecule has 4 N–H and O–H groups in total. The highest BCUT2D eigenvalue weighted by Crippen LogP contribution is 2.35. The van der Waals surface area contributed by atoms with Crippen molar-refractivity contribution in [3.05, 3.63) is 53.6 Å². The number of primary amides is 1. The van der Waals surface area contributed by atoms with Gasteiger partial charge in [-0.1, -0.05) is 12.8 Å². The van der Waals surface area contributed by atoms with E-state index in [2.05, 4.69) is 18.1 Å². The maximum absolute atomic E-state index is 13.3. The molecule has 7 nitrogen and oxygen atoms in total. The van der Waals surface area contributed by atoms with Gasteiger partial charge < -0.3 is 21.1 Å². The van der Waals surface area contributed by atoms with Crippen molar-refractivity contribution in [3.8, 4) is 0 Å². The van der Waals surface area contributed by atoms with Gasteiger partial charge in [0, 0.05) is 30.0 Å². The largest absolute Gasteiger partial charge is 0.416 e. The summed E-state index contributed by atoms with van der Waals surface area (Å²) in [6, 6.07) is 8.07. The Labute approximate surface area is 175 Å². The summed E-state index contributed by atoms with van der Waals surface area (Å²) in [5.41, 5.74) is 4.93. The number of aliphatic hydroxyl groups is 1. The highest BCUT2D eigenvalue weighted by Gasteiger charge is 2.33. The molecule has 30 heavy (non-hydrogen) atoms. The lowest BCUT2D eigenvalue weighted by molar-refractivity contribution is -0.137. The summed E-state index contributed by atoms with van der Waals surface area (Å²) < 4.78 is 40.9. The van der Waals surface area contributed by atoms with Crippen LogP contribution in [0.1, 0.15) is 22.3 Å². The molecule has 3 rings (SSSR count). The van der Waals surface area contributed by atoms with Gasteiger partial charge in [0.25, 0.3) is 0 Å². The van der Waals surface area contributed by atoms with Crippen LogP contribution < -0.4 is 20.3 Å². The van der Waals surface area contributed by atoms with Gasteiger partial charge in [-0.3, -0.25) is 4.79 Å². The van der Waals surface area contributed by atoms with Gasteiger partial charge in [-0.2, -0.15) is 13.2 Å². The molecular formula is C19H19F3N4O3S. The molecule has 2 aromatic rings. The van der Waals surface area contributed by atoms with Crippen LogP contribution in [-0.4, -0.2) is 36.2 Å². The lowest BCUT2D eigenvalue weighted by Gasteiger charge is -2.22. The van der Waals surface area contributed by atoms with Crippen LogP contribution >= 0.6 is 12.8 Å². The number of thiol groups is 1. The Morgan fingerprint density at radius 2 is 1.87 bits per heavy atom. The molecule has 0 bridgehead atoms. The summed E-state index contributed by atoms with van der Waals surface area (Å²) >= 11 is 4.08. The monoisotopic (exact) mass is 440 g/mol. The molecule has 0 radical (unpaired) electrons. The SMILES string of the molecule is NC(=O)c1ccc(N(S)C(=O)Nc2cc(N3CCC(O)C3)cc(C(F)(F)F)c2)cc1. The Kier molecular flexibility index (Phi) is 6.13. The molecule has 1 fully saturated rings. The quantitative estimate of drug-likeness (QED) is 0.549. The van der Waals surface area contributed by atoms with Gasteiger partial charge >= 0.3 is 12.2 Å². The number of amides is 3. The Morgan fingerprint density at radius 1 is 1.20 bits per heavy atom. The molecular weight excluding hydrogens is 421 g/mol. The van der Waals surface area contributed by atoms with Crippen molar-refractivity contribution in [2.24, 2.45) is 5.73 Å². The van der Waals surface area contributed by atoms with E-state index >= 15 is 0 Å². The first-order valence-electron chi connectivity index (χ1n) is 8.90. The smallest absolute Gasteiger partial charge is 0.391 e. The average Bonchev–Trinajstić information content (AvgIpc) is 3.13. The maximum Gasteiger partial charge on any atom is 0.416 e. The van der Waals surface area contributed by atoms with E-state index in [1.165, 1.54) is 30.3 Å². The van der Waals surface area contributed by atoms with Crippen LogP contribution in [0.5, 0.6) is 0 Å². The van der Waals surface area contributed by atoms with E-state index in [1.54, 1.807) is 4.90 Å². The second kappa shape index (κ2) is 8.44. The second-order valence-corrected chi connectivity index (χ2v) is 7.21. The zero-order valence-corrected chi connectivity index (χ0v) is 16.5. The number of nitrogens with two attached hydrogens (primary N) is 1. The molecule has 1 saturated heterocycles. The third-order valence-corrected chi connectivity index (χ3v) is 5.03. The normalized spacial score (nSPS) is 16.4. The van der Waals surface area contributed by atoms with Crippen molar-refractivity contribution in [1.29, 1.82) is 0 Å². The van der Waals surface area contributed by atoms with Gasteiger partial charge in [0.1, 0.15) is 0 Å². The summed E-state index contributed by atoms with van der Waals surface area (Å²) in [5.74, 6) is -0.639. The summed E-state index contributed by atoms with van der Waals surface area (Å²) in [6.07, 6.45) is -4.78. The third kappa shape index (κ3) is 4.97. The van der Waals surface area contributed by atoms with Gasteiger partial charge in [0.15, 0.2) is 0 Å². The predicted octanol–water partition coefficient (Wildman–Crippen LogP) is 3.26. The molecule has 2 aromatic carbocycles. The molecule has 1 unspecified atom stereocenters. The topological polar surface area (TPSA) is 98.9 Å². The summed E-state index contributed by atoms with van der Waals surface area (Å²) in [7, 11) is 0. The molecule has 1 atom stereocenters.